The lowest BCUT2D eigenvalue weighted by molar-refractivity contribution is -0.136. The van der Waals surface area contributed by atoms with E-state index in [1.807, 2.05) is 30.3 Å². The lowest BCUT2D eigenvalue weighted by Crippen LogP contribution is -1.97. The number of carbonyl (C=O) groups is 1. The largest absolute Gasteiger partial charge is 0.481 e. The van der Waals surface area contributed by atoms with Crippen LogP contribution < -0.4 is 0 Å². The number of nitrogens with one attached hydrogen (secondary N) is 1. The van der Waals surface area contributed by atoms with Crippen LogP contribution in [0.1, 0.15) is 5.56 Å². The predicted octanol–water partition coefficient (Wildman–Crippen LogP) is 3.45. The third kappa shape index (κ3) is 3.54. The minimum atomic E-state index is -0.827. The zero-order chi connectivity index (χ0) is 12.3. The van der Waals surface area contributed by atoms with Crippen molar-refractivity contribution in [2.75, 3.05) is 0 Å². The van der Waals surface area contributed by atoms with Gasteiger partial charge in [0.15, 0.2) is 0 Å². The van der Waals surface area contributed by atoms with Crippen LogP contribution in [0.5, 0.6) is 0 Å². The molecule has 0 amide bonds. The molecule has 0 saturated carbocycles. The minimum absolute atomic E-state index is 0.0394. The Morgan fingerprint density at radius 3 is 2.71 bits per heavy atom. The molecule has 0 radical (unpaired) electrons. The molecule has 2 aromatic rings. The van der Waals surface area contributed by atoms with Gasteiger partial charge in [-0.15, -0.1) is 0 Å². The summed E-state index contributed by atoms with van der Waals surface area (Å²) in [7, 11) is 0. The van der Waals surface area contributed by atoms with Crippen molar-refractivity contribution in [3.63, 3.8) is 0 Å². The maximum atomic E-state index is 10.5. The number of aromatic nitrogens is 1. The van der Waals surface area contributed by atoms with E-state index < -0.39 is 5.97 Å². The molecule has 88 valence electrons. The molecular weight excluding hydrogens is 258 g/mol. The van der Waals surface area contributed by atoms with Gasteiger partial charge in [0.1, 0.15) is 0 Å². The van der Waals surface area contributed by atoms with Gasteiger partial charge in [-0.05, 0) is 35.9 Å². The molecule has 0 saturated heterocycles. The van der Waals surface area contributed by atoms with E-state index in [0.29, 0.717) is 5.02 Å². The first-order chi connectivity index (χ1) is 8.13. The minimum Gasteiger partial charge on any atom is -0.481 e. The number of carboxylic acid groups (broad SMARTS) is 1. The second-order valence-electron chi connectivity index (χ2n) is 3.50. The SMILES string of the molecule is O=C(O)Cc1c[nH]c(Sc2ccc(Cl)cc2)c1. The normalized spacial score (nSPS) is 10.4. The first-order valence-corrected chi connectivity index (χ1v) is 6.15. The van der Waals surface area contributed by atoms with Crippen molar-refractivity contribution in [2.45, 2.75) is 16.3 Å². The Bertz CT molecular complexity index is 522. The van der Waals surface area contributed by atoms with E-state index in [2.05, 4.69) is 4.98 Å². The fourth-order valence-corrected chi connectivity index (χ4v) is 2.36. The van der Waals surface area contributed by atoms with Gasteiger partial charge in [0.05, 0.1) is 11.4 Å². The molecule has 1 aromatic carbocycles. The topological polar surface area (TPSA) is 53.1 Å². The highest BCUT2D eigenvalue weighted by Gasteiger charge is 2.05. The van der Waals surface area contributed by atoms with Crippen molar-refractivity contribution in [2.24, 2.45) is 0 Å². The predicted molar refractivity (Wildman–Crippen MR) is 67.7 cm³/mol. The molecule has 3 nitrogen and oxygen atoms in total. The third-order valence-corrected chi connectivity index (χ3v) is 3.33. The second-order valence-corrected chi connectivity index (χ2v) is 5.05. The van der Waals surface area contributed by atoms with Crippen LogP contribution in [0.4, 0.5) is 0 Å². The van der Waals surface area contributed by atoms with Crippen molar-refractivity contribution in [3.05, 3.63) is 47.1 Å². The maximum Gasteiger partial charge on any atom is 0.307 e. The Labute approximate surface area is 108 Å². The number of H-pyrrole nitrogens is 1. The van der Waals surface area contributed by atoms with E-state index >= 15 is 0 Å². The lowest BCUT2D eigenvalue weighted by atomic mass is 10.2. The van der Waals surface area contributed by atoms with Gasteiger partial charge in [0.25, 0.3) is 0 Å². The molecule has 0 spiro atoms. The van der Waals surface area contributed by atoms with Crippen LogP contribution in [0.3, 0.4) is 0 Å². The number of hydrogen-bond donors (Lipinski definition) is 2. The first kappa shape index (κ1) is 12.1. The van der Waals surface area contributed by atoms with Gasteiger partial charge in [-0.2, -0.15) is 0 Å². The molecule has 0 unspecified atom stereocenters. The summed E-state index contributed by atoms with van der Waals surface area (Å²) < 4.78 is 0. The van der Waals surface area contributed by atoms with Crippen molar-refractivity contribution in [1.29, 1.82) is 0 Å². The molecule has 5 heteroatoms. The van der Waals surface area contributed by atoms with Crippen LogP contribution in [-0.4, -0.2) is 16.1 Å². The Morgan fingerprint density at radius 1 is 1.35 bits per heavy atom. The Hall–Kier alpha value is -1.39. The van der Waals surface area contributed by atoms with E-state index in [0.717, 1.165) is 15.5 Å². The third-order valence-electron chi connectivity index (χ3n) is 2.11. The summed E-state index contributed by atoms with van der Waals surface area (Å²) in [5.74, 6) is -0.827. The summed E-state index contributed by atoms with van der Waals surface area (Å²) in [5, 5.41) is 10.3. The highest BCUT2D eigenvalue weighted by Crippen LogP contribution is 2.28. The van der Waals surface area contributed by atoms with Crippen LogP contribution >= 0.6 is 23.4 Å². The molecule has 0 aliphatic rings. The summed E-state index contributed by atoms with van der Waals surface area (Å²) >= 11 is 7.33. The summed E-state index contributed by atoms with van der Waals surface area (Å²) in [6.07, 6.45) is 1.75. The standard InChI is InChI=1S/C12H10ClNO2S/c13-9-1-3-10(4-2-9)17-11-5-8(7-14-11)6-12(15)16/h1-5,7,14H,6H2,(H,15,16). The van der Waals surface area contributed by atoms with Crippen molar-refractivity contribution in [3.8, 4) is 0 Å². The van der Waals surface area contributed by atoms with E-state index in [4.69, 9.17) is 16.7 Å². The van der Waals surface area contributed by atoms with Crippen LogP contribution in [0.15, 0.2) is 46.5 Å². The molecule has 0 fully saturated rings. The molecule has 1 aromatic heterocycles. The highest BCUT2D eigenvalue weighted by atomic mass is 35.5. The zero-order valence-electron chi connectivity index (χ0n) is 8.81. The monoisotopic (exact) mass is 267 g/mol. The molecule has 2 rings (SSSR count). The van der Waals surface area contributed by atoms with Gasteiger partial charge in [0, 0.05) is 16.1 Å². The van der Waals surface area contributed by atoms with Gasteiger partial charge in [-0.3, -0.25) is 4.79 Å². The van der Waals surface area contributed by atoms with Crippen molar-refractivity contribution >= 4 is 29.3 Å². The quantitative estimate of drug-likeness (QED) is 0.892. The lowest BCUT2D eigenvalue weighted by Gasteiger charge is -1.98. The van der Waals surface area contributed by atoms with E-state index in [9.17, 15) is 4.79 Å². The van der Waals surface area contributed by atoms with E-state index in [1.165, 1.54) is 11.8 Å². The Kier molecular flexibility index (Phi) is 3.76. The van der Waals surface area contributed by atoms with E-state index in [-0.39, 0.29) is 6.42 Å². The van der Waals surface area contributed by atoms with Crippen LogP contribution in [0.25, 0.3) is 0 Å². The molecule has 2 N–H and O–H groups in total. The maximum absolute atomic E-state index is 10.5. The molecule has 0 aliphatic carbocycles. The summed E-state index contributed by atoms with van der Waals surface area (Å²) in [4.78, 5) is 14.6. The molecule has 0 bridgehead atoms. The number of aromatic amines is 1. The number of aliphatic carboxylic acids is 1. The van der Waals surface area contributed by atoms with Crippen LogP contribution in [0, 0.1) is 0 Å². The zero-order valence-corrected chi connectivity index (χ0v) is 10.4. The summed E-state index contributed by atoms with van der Waals surface area (Å²) in [6, 6.07) is 9.33. The smallest absolute Gasteiger partial charge is 0.307 e. The fourth-order valence-electron chi connectivity index (χ4n) is 1.38. The van der Waals surface area contributed by atoms with Crippen molar-refractivity contribution < 1.29 is 9.90 Å². The number of benzene rings is 1. The average Bonchev–Trinajstić information content (AvgIpc) is 2.68. The number of hydrogen-bond acceptors (Lipinski definition) is 2. The summed E-state index contributed by atoms with van der Waals surface area (Å²) in [5.41, 5.74) is 0.772. The average molecular weight is 268 g/mol. The number of halogens is 1. The van der Waals surface area contributed by atoms with Gasteiger partial charge in [-0.1, -0.05) is 23.4 Å². The van der Waals surface area contributed by atoms with Gasteiger partial charge in [0.2, 0.25) is 0 Å². The van der Waals surface area contributed by atoms with Crippen LogP contribution in [0.2, 0.25) is 5.02 Å². The van der Waals surface area contributed by atoms with E-state index in [1.54, 1.807) is 6.20 Å². The fraction of sp³-hybridized carbons (Fsp3) is 0.0833. The first-order valence-electron chi connectivity index (χ1n) is 4.96. The van der Waals surface area contributed by atoms with Crippen molar-refractivity contribution in [1.82, 2.24) is 4.98 Å². The molecule has 17 heavy (non-hydrogen) atoms. The molecule has 0 atom stereocenters. The Balaban J connectivity index is 2.06. The Morgan fingerprint density at radius 2 is 2.06 bits per heavy atom. The van der Waals surface area contributed by atoms with Crippen LogP contribution in [-0.2, 0) is 11.2 Å². The molecular formula is C12H10ClNO2S. The second kappa shape index (κ2) is 5.29. The number of carboxylic acids is 1. The van der Waals surface area contributed by atoms with Gasteiger partial charge in [-0.25, -0.2) is 0 Å². The molecule has 1 heterocycles. The van der Waals surface area contributed by atoms with Gasteiger partial charge >= 0.3 is 5.97 Å². The summed E-state index contributed by atoms with van der Waals surface area (Å²) in [6.45, 7) is 0. The number of rotatable bonds is 4. The highest BCUT2D eigenvalue weighted by molar-refractivity contribution is 7.99. The van der Waals surface area contributed by atoms with Gasteiger partial charge < -0.3 is 10.1 Å². The molecule has 0 aliphatic heterocycles.